The van der Waals surface area contributed by atoms with Gasteiger partial charge in [-0.3, -0.25) is 0 Å². The second-order valence-electron chi connectivity index (χ2n) is 5.14. The van der Waals surface area contributed by atoms with E-state index < -0.39 is 0 Å². The Bertz CT molecular complexity index is 593. The first kappa shape index (κ1) is 16.3. The van der Waals surface area contributed by atoms with E-state index in [2.05, 4.69) is 35.5 Å². The van der Waals surface area contributed by atoms with Crippen LogP contribution >= 0.6 is 23.4 Å². The molecule has 21 heavy (non-hydrogen) atoms. The van der Waals surface area contributed by atoms with Gasteiger partial charge < -0.3 is 4.57 Å². The molecule has 0 amide bonds. The molecule has 0 spiro atoms. The summed E-state index contributed by atoms with van der Waals surface area (Å²) in [5, 5.41) is 9.77. The zero-order chi connectivity index (χ0) is 15.4. The lowest BCUT2D eigenvalue weighted by atomic mass is 10.2. The number of nitrogens with zero attached hydrogens (tertiary/aromatic N) is 3. The van der Waals surface area contributed by atoms with Crippen LogP contribution in [0.4, 0.5) is 4.39 Å². The Labute approximate surface area is 133 Å². The molecular formula is C15H19ClFN3S. The zero-order valence-electron chi connectivity index (χ0n) is 12.4. The highest BCUT2D eigenvalue weighted by atomic mass is 35.5. The van der Waals surface area contributed by atoms with E-state index in [1.54, 1.807) is 12.1 Å². The average Bonchev–Trinajstić information content (AvgIpc) is 2.82. The highest BCUT2D eigenvalue weighted by Crippen LogP contribution is 2.29. The van der Waals surface area contributed by atoms with Gasteiger partial charge in [-0.05, 0) is 18.6 Å². The van der Waals surface area contributed by atoms with Crippen molar-refractivity contribution in [1.29, 1.82) is 0 Å². The van der Waals surface area contributed by atoms with Gasteiger partial charge in [0.1, 0.15) is 11.6 Å². The molecule has 1 aromatic heterocycles. The smallest absolute Gasteiger partial charge is 0.191 e. The van der Waals surface area contributed by atoms with Crippen LogP contribution in [-0.2, 0) is 12.3 Å². The fourth-order valence-electron chi connectivity index (χ4n) is 2.07. The third-order valence-corrected chi connectivity index (χ3v) is 4.46. The van der Waals surface area contributed by atoms with Gasteiger partial charge >= 0.3 is 0 Å². The maximum atomic E-state index is 13.8. The maximum absolute atomic E-state index is 13.8. The number of rotatable bonds is 6. The maximum Gasteiger partial charge on any atom is 0.191 e. The Balaban J connectivity index is 2.20. The van der Waals surface area contributed by atoms with E-state index in [-0.39, 0.29) is 5.82 Å². The van der Waals surface area contributed by atoms with E-state index in [9.17, 15) is 4.39 Å². The monoisotopic (exact) mass is 327 g/mol. The van der Waals surface area contributed by atoms with Crippen molar-refractivity contribution in [2.45, 2.75) is 50.6 Å². The molecule has 0 aliphatic carbocycles. The first-order chi connectivity index (χ1) is 10.0. The van der Waals surface area contributed by atoms with Crippen LogP contribution in [0, 0.1) is 5.82 Å². The van der Waals surface area contributed by atoms with Crippen LogP contribution in [0.3, 0.4) is 0 Å². The van der Waals surface area contributed by atoms with Crippen LogP contribution in [-0.4, -0.2) is 14.8 Å². The zero-order valence-corrected chi connectivity index (χ0v) is 14.0. The molecule has 0 fully saturated rings. The van der Waals surface area contributed by atoms with E-state index in [1.807, 2.05) is 0 Å². The number of thioether (sulfide) groups is 1. The highest BCUT2D eigenvalue weighted by molar-refractivity contribution is 7.98. The van der Waals surface area contributed by atoms with Crippen molar-refractivity contribution in [3.63, 3.8) is 0 Å². The van der Waals surface area contributed by atoms with Gasteiger partial charge in [-0.1, -0.05) is 50.2 Å². The first-order valence-electron chi connectivity index (χ1n) is 7.03. The van der Waals surface area contributed by atoms with E-state index in [0.717, 1.165) is 23.9 Å². The summed E-state index contributed by atoms with van der Waals surface area (Å²) in [6.07, 6.45) is 1.01. The molecule has 0 radical (unpaired) electrons. The molecule has 2 aromatic rings. The molecule has 114 valence electrons. The summed E-state index contributed by atoms with van der Waals surface area (Å²) < 4.78 is 15.9. The van der Waals surface area contributed by atoms with Gasteiger partial charge in [0.05, 0.1) is 0 Å². The lowest BCUT2D eigenvalue weighted by Crippen LogP contribution is -2.06. The fourth-order valence-corrected chi connectivity index (χ4v) is 3.39. The van der Waals surface area contributed by atoms with E-state index >= 15 is 0 Å². The SMILES string of the molecule is CCCn1c(SCc2c(F)cccc2Cl)nnc1C(C)C. The van der Waals surface area contributed by atoms with Gasteiger partial charge in [-0.15, -0.1) is 10.2 Å². The lowest BCUT2D eigenvalue weighted by Gasteiger charge is -2.11. The van der Waals surface area contributed by atoms with Gasteiger partial charge in [0.15, 0.2) is 5.16 Å². The summed E-state index contributed by atoms with van der Waals surface area (Å²) in [6.45, 7) is 7.18. The molecular weight excluding hydrogens is 309 g/mol. The second kappa shape index (κ2) is 7.27. The summed E-state index contributed by atoms with van der Waals surface area (Å²) in [5.74, 6) is 1.46. The Kier molecular flexibility index (Phi) is 5.65. The minimum atomic E-state index is -0.277. The predicted molar refractivity (Wildman–Crippen MR) is 85.4 cm³/mol. The number of hydrogen-bond acceptors (Lipinski definition) is 3. The molecule has 0 bridgehead atoms. The predicted octanol–water partition coefficient (Wildman–Crippen LogP) is 4.90. The Morgan fingerprint density at radius 3 is 2.71 bits per heavy atom. The van der Waals surface area contributed by atoms with E-state index in [4.69, 9.17) is 11.6 Å². The van der Waals surface area contributed by atoms with Crippen molar-refractivity contribution in [3.05, 3.63) is 40.4 Å². The van der Waals surface area contributed by atoms with Gasteiger partial charge in [-0.25, -0.2) is 4.39 Å². The van der Waals surface area contributed by atoms with Crippen molar-refractivity contribution < 1.29 is 4.39 Å². The van der Waals surface area contributed by atoms with Crippen LogP contribution in [0.5, 0.6) is 0 Å². The van der Waals surface area contributed by atoms with Gasteiger partial charge in [0, 0.05) is 28.8 Å². The molecule has 1 heterocycles. The van der Waals surface area contributed by atoms with Crippen molar-refractivity contribution >= 4 is 23.4 Å². The molecule has 6 heteroatoms. The quantitative estimate of drug-likeness (QED) is 0.707. The average molecular weight is 328 g/mol. The standard InChI is InChI=1S/C15H19ClFN3S/c1-4-8-20-14(10(2)3)18-19-15(20)21-9-11-12(16)6-5-7-13(11)17/h5-7,10H,4,8-9H2,1-3H3. The van der Waals surface area contributed by atoms with Crippen LogP contribution in [0.2, 0.25) is 5.02 Å². The largest absolute Gasteiger partial charge is 0.306 e. The molecule has 3 nitrogen and oxygen atoms in total. The molecule has 0 atom stereocenters. The minimum Gasteiger partial charge on any atom is -0.306 e. The summed E-state index contributed by atoms with van der Waals surface area (Å²) in [5.41, 5.74) is 0.515. The number of aromatic nitrogens is 3. The molecule has 0 aliphatic rings. The number of benzene rings is 1. The van der Waals surface area contributed by atoms with Gasteiger partial charge in [0.25, 0.3) is 0 Å². The highest BCUT2D eigenvalue weighted by Gasteiger charge is 2.16. The Morgan fingerprint density at radius 2 is 2.10 bits per heavy atom. The third kappa shape index (κ3) is 3.77. The molecule has 0 N–H and O–H groups in total. The van der Waals surface area contributed by atoms with Crippen molar-refractivity contribution in [2.75, 3.05) is 0 Å². The van der Waals surface area contributed by atoms with Gasteiger partial charge in [-0.2, -0.15) is 0 Å². The first-order valence-corrected chi connectivity index (χ1v) is 8.39. The topological polar surface area (TPSA) is 30.7 Å². The molecule has 0 saturated heterocycles. The fraction of sp³-hybridized carbons (Fsp3) is 0.467. The lowest BCUT2D eigenvalue weighted by molar-refractivity contribution is 0.572. The summed E-state index contributed by atoms with van der Waals surface area (Å²) in [7, 11) is 0. The Hall–Kier alpha value is -1.07. The normalized spacial score (nSPS) is 11.3. The van der Waals surface area contributed by atoms with Crippen molar-refractivity contribution in [2.24, 2.45) is 0 Å². The van der Waals surface area contributed by atoms with Crippen LogP contribution < -0.4 is 0 Å². The molecule has 1 aromatic carbocycles. The van der Waals surface area contributed by atoms with Crippen molar-refractivity contribution in [3.8, 4) is 0 Å². The van der Waals surface area contributed by atoms with Crippen LogP contribution in [0.1, 0.15) is 44.5 Å². The van der Waals surface area contributed by atoms with Gasteiger partial charge in [0.2, 0.25) is 0 Å². The molecule has 0 saturated carbocycles. The van der Waals surface area contributed by atoms with Crippen molar-refractivity contribution in [1.82, 2.24) is 14.8 Å². The summed E-state index contributed by atoms with van der Waals surface area (Å²) >= 11 is 7.53. The number of halogens is 2. The van der Waals surface area contributed by atoms with Crippen LogP contribution in [0.25, 0.3) is 0 Å². The minimum absolute atomic E-state index is 0.277. The van der Waals surface area contributed by atoms with E-state index in [1.165, 1.54) is 17.8 Å². The molecule has 0 unspecified atom stereocenters. The number of hydrogen-bond donors (Lipinski definition) is 0. The third-order valence-electron chi connectivity index (χ3n) is 3.12. The molecule has 0 aliphatic heterocycles. The summed E-state index contributed by atoms with van der Waals surface area (Å²) in [6, 6.07) is 4.75. The molecule has 2 rings (SSSR count). The summed E-state index contributed by atoms with van der Waals surface area (Å²) in [4.78, 5) is 0. The van der Waals surface area contributed by atoms with Crippen LogP contribution in [0.15, 0.2) is 23.4 Å². The Morgan fingerprint density at radius 1 is 1.33 bits per heavy atom. The van der Waals surface area contributed by atoms with E-state index in [0.29, 0.717) is 22.3 Å². The second-order valence-corrected chi connectivity index (χ2v) is 6.49.